The summed E-state index contributed by atoms with van der Waals surface area (Å²) >= 11 is 13.5. The largest absolute Gasteiger partial charge is 0.495 e. The fourth-order valence-corrected chi connectivity index (χ4v) is 2.93. The van der Waals surface area contributed by atoms with Gasteiger partial charge in [0.05, 0.1) is 15.0 Å². The normalized spacial score (nSPS) is 9.79. The first kappa shape index (κ1) is 12.7. The van der Waals surface area contributed by atoms with Crippen molar-refractivity contribution in [3.63, 3.8) is 0 Å². The van der Waals surface area contributed by atoms with Gasteiger partial charge in [-0.3, -0.25) is 0 Å². The molecule has 1 nitrogen and oxygen atoms in total. The van der Waals surface area contributed by atoms with Gasteiger partial charge in [-0.1, -0.05) is 15.9 Å². The van der Waals surface area contributed by atoms with Gasteiger partial charge >= 0.3 is 0 Å². The highest BCUT2D eigenvalue weighted by molar-refractivity contribution is 9.28. The lowest BCUT2D eigenvalue weighted by Crippen LogP contribution is -1.88. The second-order valence-corrected chi connectivity index (χ2v) is 6.99. The van der Waals surface area contributed by atoms with Crippen molar-refractivity contribution in [2.24, 2.45) is 0 Å². The lowest BCUT2D eigenvalue weighted by atomic mass is 10.2. The molecule has 0 aromatic heterocycles. The predicted octanol–water partition coefficient (Wildman–Crippen LogP) is 5.31. The highest BCUT2D eigenvalue weighted by Crippen LogP contribution is 2.35. The van der Waals surface area contributed by atoms with Crippen molar-refractivity contribution >= 4 is 69.8 Å². The van der Waals surface area contributed by atoms with Crippen molar-refractivity contribution < 1.29 is 4.74 Å². The van der Waals surface area contributed by atoms with Crippen LogP contribution in [0.15, 0.2) is 24.5 Å². The standard InChI is InChI=1S/C9H6Br4O/c1-14-9-5(3-8(12)13)2-6(10)4-7(9)11/h2-4H,1H3. The smallest absolute Gasteiger partial charge is 0.140 e. The molecule has 0 aliphatic carbocycles. The van der Waals surface area contributed by atoms with E-state index in [0.29, 0.717) is 0 Å². The molecule has 0 heterocycles. The molecule has 0 bridgehead atoms. The lowest BCUT2D eigenvalue weighted by molar-refractivity contribution is 0.411. The van der Waals surface area contributed by atoms with E-state index in [1.54, 1.807) is 7.11 Å². The summed E-state index contributed by atoms with van der Waals surface area (Å²) in [7, 11) is 1.65. The van der Waals surface area contributed by atoms with Crippen LogP contribution in [-0.4, -0.2) is 7.11 Å². The van der Waals surface area contributed by atoms with Crippen LogP contribution in [0.3, 0.4) is 0 Å². The molecule has 5 heteroatoms. The van der Waals surface area contributed by atoms with Gasteiger partial charge in [-0.15, -0.1) is 0 Å². The van der Waals surface area contributed by atoms with Gasteiger partial charge in [-0.25, -0.2) is 0 Å². The van der Waals surface area contributed by atoms with Crippen LogP contribution < -0.4 is 4.74 Å². The molecule has 76 valence electrons. The molecule has 1 aromatic rings. The molecule has 0 spiro atoms. The Morgan fingerprint density at radius 2 is 1.93 bits per heavy atom. The Balaban J connectivity index is 3.32. The SMILES string of the molecule is COc1c(Br)cc(Br)cc1C=C(Br)Br. The molecule has 0 aliphatic heterocycles. The van der Waals surface area contributed by atoms with Gasteiger partial charge in [0.15, 0.2) is 0 Å². The molecule has 0 aliphatic rings. The van der Waals surface area contributed by atoms with E-state index in [-0.39, 0.29) is 0 Å². The van der Waals surface area contributed by atoms with Crippen molar-refractivity contribution in [3.05, 3.63) is 30.0 Å². The Bertz CT molecular complexity index is 369. The molecule has 0 saturated heterocycles. The number of ether oxygens (including phenoxy) is 1. The molecule has 0 radical (unpaired) electrons. The highest BCUT2D eigenvalue weighted by Gasteiger charge is 2.07. The van der Waals surface area contributed by atoms with E-state index in [1.807, 2.05) is 18.2 Å². The first-order valence-corrected chi connectivity index (χ1v) is 6.77. The van der Waals surface area contributed by atoms with Crippen LogP contribution in [0.2, 0.25) is 0 Å². The van der Waals surface area contributed by atoms with Crippen molar-refractivity contribution in [1.29, 1.82) is 0 Å². The van der Waals surface area contributed by atoms with E-state index in [4.69, 9.17) is 4.74 Å². The van der Waals surface area contributed by atoms with Crippen LogP contribution in [0.5, 0.6) is 5.75 Å². The molecule has 0 N–H and O–H groups in total. The third kappa shape index (κ3) is 3.36. The van der Waals surface area contributed by atoms with E-state index in [1.165, 1.54) is 0 Å². The van der Waals surface area contributed by atoms with E-state index in [2.05, 4.69) is 63.7 Å². The van der Waals surface area contributed by atoms with Gasteiger partial charge in [0.2, 0.25) is 0 Å². The van der Waals surface area contributed by atoms with Gasteiger partial charge < -0.3 is 4.74 Å². The van der Waals surface area contributed by atoms with Gasteiger partial charge in [0.1, 0.15) is 5.75 Å². The van der Waals surface area contributed by atoms with Crippen LogP contribution in [0.1, 0.15) is 5.56 Å². The summed E-state index contributed by atoms with van der Waals surface area (Å²) in [4.78, 5) is 0. The summed E-state index contributed by atoms with van der Waals surface area (Å²) in [6.45, 7) is 0. The summed E-state index contributed by atoms with van der Waals surface area (Å²) in [5.41, 5.74) is 0.984. The zero-order valence-electron chi connectivity index (χ0n) is 7.15. The molecule has 0 saturated carbocycles. The Labute approximate surface area is 116 Å². The van der Waals surface area contributed by atoms with Crippen molar-refractivity contribution in [1.82, 2.24) is 0 Å². The van der Waals surface area contributed by atoms with Gasteiger partial charge in [0.25, 0.3) is 0 Å². The quantitative estimate of drug-likeness (QED) is 0.595. The van der Waals surface area contributed by atoms with E-state index >= 15 is 0 Å². The molecule has 1 rings (SSSR count). The summed E-state index contributed by atoms with van der Waals surface area (Å²) in [5.74, 6) is 0.810. The van der Waals surface area contributed by atoms with E-state index in [0.717, 1.165) is 23.7 Å². The minimum Gasteiger partial charge on any atom is -0.495 e. The maximum atomic E-state index is 5.28. The second kappa shape index (κ2) is 5.68. The number of hydrogen-bond donors (Lipinski definition) is 0. The van der Waals surface area contributed by atoms with E-state index < -0.39 is 0 Å². The third-order valence-corrected chi connectivity index (χ3v) is 3.01. The Hall–Kier alpha value is 0.680. The average Bonchev–Trinajstić information content (AvgIpc) is 2.01. The zero-order chi connectivity index (χ0) is 10.7. The molecule has 0 atom stereocenters. The Morgan fingerprint density at radius 3 is 2.43 bits per heavy atom. The van der Waals surface area contributed by atoms with E-state index in [9.17, 15) is 0 Å². The molecular formula is C9H6Br4O. The number of rotatable bonds is 2. The van der Waals surface area contributed by atoms with Crippen LogP contribution in [0, 0.1) is 0 Å². The van der Waals surface area contributed by atoms with Crippen LogP contribution in [0.25, 0.3) is 6.08 Å². The number of benzene rings is 1. The van der Waals surface area contributed by atoms with Crippen LogP contribution >= 0.6 is 63.7 Å². The first-order valence-electron chi connectivity index (χ1n) is 3.60. The monoisotopic (exact) mass is 446 g/mol. The third-order valence-electron chi connectivity index (χ3n) is 1.51. The minimum absolute atomic E-state index is 0.810. The molecule has 1 aromatic carbocycles. The predicted molar refractivity (Wildman–Crippen MR) is 74.2 cm³/mol. The van der Waals surface area contributed by atoms with Crippen LogP contribution in [0.4, 0.5) is 0 Å². The van der Waals surface area contributed by atoms with Crippen LogP contribution in [-0.2, 0) is 0 Å². The van der Waals surface area contributed by atoms with Crippen molar-refractivity contribution in [2.45, 2.75) is 0 Å². The summed E-state index contributed by atoms with van der Waals surface area (Å²) in [6, 6.07) is 3.92. The summed E-state index contributed by atoms with van der Waals surface area (Å²) < 4.78 is 8.06. The fraction of sp³-hybridized carbons (Fsp3) is 0.111. The maximum Gasteiger partial charge on any atom is 0.140 e. The van der Waals surface area contributed by atoms with Crippen molar-refractivity contribution in [3.8, 4) is 5.75 Å². The number of methoxy groups -OCH3 is 1. The topological polar surface area (TPSA) is 9.23 Å². The Kier molecular flexibility index (Phi) is 5.17. The molecule has 0 fully saturated rings. The lowest BCUT2D eigenvalue weighted by Gasteiger charge is -2.08. The second-order valence-electron chi connectivity index (χ2n) is 2.44. The maximum absolute atomic E-state index is 5.28. The molecule has 0 unspecified atom stereocenters. The average molecular weight is 450 g/mol. The Morgan fingerprint density at radius 1 is 1.29 bits per heavy atom. The van der Waals surface area contributed by atoms with Gasteiger partial charge in [-0.2, -0.15) is 0 Å². The molecule has 14 heavy (non-hydrogen) atoms. The van der Waals surface area contributed by atoms with Gasteiger partial charge in [-0.05, 0) is 66.0 Å². The fourth-order valence-electron chi connectivity index (χ4n) is 1.02. The van der Waals surface area contributed by atoms with Crippen molar-refractivity contribution in [2.75, 3.05) is 7.11 Å². The first-order chi connectivity index (χ1) is 6.54. The number of hydrogen-bond acceptors (Lipinski definition) is 1. The zero-order valence-corrected chi connectivity index (χ0v) is 13.5. The summed E-state index contributed by atoms with van der Waals surface area (Å²) in [6.07, 6.45) is 1.92. The summed E-state index contributed by atoms with van der Waals surface area (Å²) in [5, 5.41) is 0. The molecule has 0 amide bonds. The minimum atomic E-state index is 0.810. The number of halogens is 4. The highest BCUT2D eigenvalue weighted by atomic mass is 79.9. The molecular weight excluding hydrogens is 444 g/mol. The van der Waals surface area contributed by atoms with Gasteiger partial charge in [0, 0.05) is 10.0 Å².